The Hall–Kier alpha value is -3.24. The number of ether oxygens (including phenoxy) is 3. The SMILES string of the molecule is C=CCOC(=O)OC(C)O/C(=C(/C#N)c1ccc(C(C)(C)C)cc1)c1c(Cl)c(C)nn1C. The molecule has 1 aromatic carbocycles. The molecule has 7 nitrogen and oxygen atoms in total. The van der Waals surface area contributed by atoms with Crippen LogP contribution in [-0.4, -0.2) is 28.8 Å². The molecular formula is C24H28ClN3O4. The maximum absolute atomic E-state index is 11.8. The van der Waals surface area contributed by atoms with Gasteiger partial charge in [-0.1, -0.05) is 69.3 Å². The highest BCUT2D eigenvalue weighted by Gasteiger charge is 2.25. The van der Waals surface area contributed by atoms with Gasteiger partial charge in [0.2, 0.25) is 6.29 Å². The number of allylic oxidation sites excluding steroid dienone is 1. The lowest BCUT2D eigenvalue weighted by Crippen LogP contribution is -2.20. The first-order chi connectivity index (χ1) is 15.0. The molecule has 170 valence electrons. The van der Waals surface area contributed by atoms with Gasteiger partial charge in [0.1, 0.15) is 23.9 Å². The van der Waals surface area contributed by atoms with Crippen molar-refractivity contribution in [2.45, 2.75) is 46.3 Å². The molecule has 0 radical (unpaired) electrons. The highest BCUT2D eigenvalue weighted by Crippen LogP contribution is 2.34. The van der Waals surface area contributed by atoms with E-state index in [0.29, 0.717) is 22.0 Å². The number of rotatable bonds is 7. The van der Waals surface area contributed by atoms with Crippen molar-refractivity contribution in [2.24, 2.45) is 7.05 Å². The van der Waals surface area contributed by atoms with Crippen LogP contribution in [0, 0.1) is 18.3 Å². The molecule has 0 bridgehead atoms. The summed E-state index contributed by atoms with van der Waals surface area (Å²) in [5, 5.41) is 14.7. The van der Waals surface area contributed by atoms with Crippen molar-refractivity contribution in [3.63, 3.8) is 0 Å². The van der Waals surface area contributed by atoms with Crippen LogP contribution in [0.3, 0.4) is 0 Å². The lowest BCUT2D eigenvalue weighted by Gasteiger charge is -2.21. The maximum Gasteiger partial charge on any atom is 0.511 e. The van der Waals surface area contributed by atoms with E-state index in [9.17, 15) is 10.1 Å². The number of carbonyl (C=O) groups is 1. The van der Waals surface area contributed by atoms with Crippen molar-refractivity contribution >= 4 is 29.1 Å². The summed E-state index contributed by atoms with van der Waals surface area (Å²) in [7, 11) is 1.69. The fourth-order valence-corrected chi connectivity index (χ4v) is 3.23. The topological polar surface area (TPSA) is 86.4 Å². The summed E-state index contributed by atoms with van der Waals surface area (Å²) in [5.41, 5.74) is 2.92. The van der Waals surface area contributed by atoms with Gasteiger partial charge in [-0.25, -0.2) is 4.79 Å². The third-order valence-electron chi connectivity index (χ3n) is 4.61. The van der Waals surface area contributed by atoms with E-state index in [2.05, 4.69) is 38.5 Å². The fraction of sp³-hybridized carbons (Fsp3) is 0.375. The number of carbonyl (C=O) groups excluding carboxylic acids is 1. The second-order valence-corrected chi connectivity index (χ2v) is 8.55. The lowest BCUT2D eigenvalue weighted by molar-refractivity contribution is -0.0648. The van der Waals surface area contributed by atoms with Gasteiger partial charge in [0, 0.05) is 14.0 Å². The minimum Gasteiger partial charge on any atom is -0.451 e. The van der Waals surface area contributed by atoms with E-state index in [4.69, 9.17) is 25.8 Å². The average molecular weight is 458 g/mol. The van der Waals surface area contributed by atoms with Crippen LogP contribution >= 0.6 is 11.6 Å². The van der Waals surface area contributed by atoms with Crippen LogP contribution in [0.4, 0.5) is 4.79 Å². The minimum atomic E-state index is -1.06. The first-order valence-corrected chi connectivity index (χ1v) is 10.4. The molecular weight excluding hydrogens is 430 g/mol. The van der Waals surface area contributed by atoms with Gasteiger partial charge in [-0.15, -0.1) is 0 Å². The highest BCUT2D eigenvalue weighted by atomic mass is 35.5. The number of hydrogen-bond donors (Lipinski definition) is 0. The predicted octanol–water partition coefficient (Wildman–Crippen LogP) is 5.77. The summed E-state index contributed by atoms with van der Waals surface area (Å²) in [5.74, 6) is 0.146. The van der Waals surface area contributed by atoms with Crippen LogP contribution in [0.5, 0.6) is 0 Å². The number of nitrogens with zero attached hydrogens (tertiary/aromatic N) is 3. The molecule has 2 rings (SSSR count). The Morgan fingerprint density at radius 1 is 1.31 bits per heavy atom. The molecule has 0 saturated carbocycles. The Bertz CT molecular complexity index is 1060. The maximum atomic E-state index is 11.8. The summed E-state index contributed by atoms with van der Waals surface area (Å²) in [6.45, 7) is 13.1. The van der Waals surface area contributed by atoms with E-state index in [1.165, 1.54) is 17.7 Å². The van der Waals surface area contributed by atoms with Crippen LogP contribution in [0.1, 0.15) is 50.2 Å². The fourth-order valence-electron chi connectivity index (χ4n) is 2.98. The van der Waals surface area contributed by atoms with Crippen LogP contribution in [0.15, 0.2) is 36.9 Å². The monoisotopic (exact) mass is 457 g/mol. The Labute approximate surface area is 193 Å². The summed E-state index contributed by atoms with van der Waals surface area (Å²) in [4.78, 5) is 11.8. The molecule has 0 aliphatic heterocycles. The van der Waals surface area contributed by atoms with Crippen molar-refractivity contribution < 1.29 is 19.0 Å². The van der Waals surface area contributed by atoms with Crippen LogP contribution in [-0.2, 0) is 26.7 Å². The van der Waals surface area contributed by atoms with E-state index in [-0.39, 0.29) is 23.4 Å². The highest BCUT2D eigenvalue weighted by molar-refractivity contribution is 6.33. The van der Waals surface area contributed by atoms with E-state index in [0.717, 1.165) is 5.56 Å². The second-order valence-electron chi connectivity index (χ2n) is 8.17. The van der Waals surface area contributed by atoms with Crippen molar-refractivity contribution in [1.29, 1.82) is 5.26 Å². The quantitative estimate of drug-likeness (QED) is 0.172. The van der Waals surface area contributed by atoms with E-state index >= 15 is 0 Å². The third-order valence-corrected chi connectivity index (χ3v) is 5.06. The molecule has 2 aromatic rings. The molecule has 1 aromatic heterocycles. The predicted molar refractivity (Wildman–Crippen MR) is 124 cm³/mol. The Balaban J connectivity index is 2.55. The van der Waals surface area contributed by atoms with Gasteiger partial charge in [0.05, 0.1) is 10.7 Å². The number of benzene rings is 1. The molecule has 32 heavy (non-hydrogen) atoms. The summed E-state index contributed by atoms with van der Waals surface area (Å²) in [6, 6.07) is 9.83. The van der Waals surface area contributed by atoms with Crippen molar-refractivity contribution in [3.05, 3.63) is 64.5 Å². The largest absolute Gasteiger partial charge is 0.511 e. The minimum absolute atomic E-state index is 0.00454. The van der Waals surface area contributed by atoms with Gasteiger partial charge in [0.25, 0.3) is 0 Å². The molecule has 0 saturated heterocycles. The molecule has 8 heteroatoms. The molecule has 0 aliphatic rings. The molecule has 1 heterocycles. The molecule has 0 amide bonds. The molecule has 0 aliphatic carbocycles. The third kappa shape index (κ3) is 5.92. The summed E-state index contributed by atoms with van der Waals surface area (Å²) >= 11 is 6.49. The Morgan fingerprint density at radius 3 is 2.41 bits per heavy atom. The number of aryl methyl sites for hydroxylation is 2. The molecule has 0 N–H and O–H groups in total. The molecule has 1 atom stereocenters. The first-order valence-electron chi connectivity index (χ1n) is 10.0. The van der Waals surface area contributed by atoms with Gasteiger partial charge in [0.15, 0.2) is 5.76 Å². The number of hydrogen-bond acceptors (Lipinski definition) is 6. The first kappa shape index (κ1) is 25.0. The van der Waals surface area contributed by atoms with E-state index in [1.54, 1.807) is 14.0 Å². The zero-order chi connectivity index (χ0) is 24.1. The second kappa shape index (κ2) is 10.4. The van der Waals surface area contributed by atoms with Crippen molar-refractivity contribution in [3.8, 4) is 6.07 Å². The standard InChI is InChI=1S/C24H28ClN3O4/c1-8-13-30-23(29)32-16(3)31-22(21-20(25)15(2)27-28(21)7)19(14-26)17-9-11-18(12-10-17)24(4,5)6/h8-12,16H,1,13H2,2-7H3/b22-19-. The van der Waals surface area contributed by atoms with Gasteiger partial charge in [-0.2, -0.15) is 10.4 Å². The van der Waals surface area contributed by atoms with Gasteiger partial charge < -0.3 is 14.2 Å². The zero-order valence-electron chi connectivity index (χ0n) is 19.2. The molecule has 0 spiro atoms. The molecule has 1 unspecified atom stereocenters. The number of halogens is 1. The lowest BCUT2D eigenvalue weighted by atomic mass is 9.86. The number of aromatic nitrogens is 2. The van der Waals surface area contributed by atoms with Gasteiger partial charge in [-0.05, 0) is 23.5 Å². The van der Waals surface area contributed by atoms with Crippen LogP contribution in [0.2, 0.25) is 5.02 Å². The smallest absolute Gasteiger partial charge is 0.451 e. The summed E-state index contributed by atoms with van der Waals surface area (Å²) < 4.78 is 17.4. The zero-order valence-corrected chi connectivity index (χ0v) is 20.0. The van der Waals surface area contributed by atoms with E-state index < -0.39 is 12.4 Å². The van der Waals surface area contributed by atoms with E-state index in [1.807, 2.05) is 24.3 Å². The van der Waals surface area contributed by atoms with Crippen molar-refractivity contribution in [2.75, 3.05) is 6.61 Å². The molecule has 0 fully saturated rings. The van der Waals surface area contributed by atoms with Crippen LogP contribution < -0.4 is 0 Å². The number of nitriles is 1. The van der Waals surface area contributed by atoms with Gasteiger partial charge >= 0.3 is 6.16 Å². The Morgan fingerprint density at radius 2 is 1.94 bits per heavy atom. The normalized spacial score (nSPS) is 12.9. The Kier molecular flexibility index (Phi) is 8.12. The van der Waals surface area contributed by atoms with Gasteiger partial charge in [-0.3, -0.25) is 4.68 Å². The van der Waals surface area contributed by atoms with Crippen LogP contribution in [0.25, 0.3) is 11.3 Å². The van der Waals surface area contributed by atoms with Crippen molar-refractivity contribution in [1.82, 2.24) is 9.78 Å². The summed E-state index contributed by atoms with van der Waals surface area (Å²) in [6.07, 6.45) is -0.562. The average Bonchev–Trinajstić information content (AvgIpc) is 2.97.